The van der Waals surface area contributed by atoms with E-state index < -0.39 is 0 Å². The van der Waals surface area contributed by atoms with E-state index in [0.717, 1.165) is 22.3 Å². The first kappa shape index (κ1) is 8.94. The quantitative estimate of drug-likeness (QED) is 0.755. The number of ether oxygens (including phenoxy) is 1. The molecule has 0 fully saturated rings. The van der Waals surface area contributed by atoms with Gasteiger partial charge in [-0.15, -0.1) is 0 Å². The van der Waals surface area contributed by atoms with E-state index in [1.807, 2.05) is 19.9 Å². The summed E-state index contributed by atoms with van der Waals surface area (Å²) in [7, 11) is 1.63. The molecular formula is C11H12O3. The van der Waals surface area contributed by atoms with Gasteiger partial charge < -0.3 is 14.3 Å². The Balaban J connectivity index is 2.87. The highest BCUT2D eigenvalue weighted by atomic mass is 16.5. The van der Waals surface area contributed by atoms with Gasteiger partial charge in [-0.25, -0.2) is 0 Å². The van der Waals surface area contributed by atoms with Crippen molar-refractivity contribution in [2.45, 2.75) is 13.8 Å². The van der Waals surface area contributed by atoms with Crippen molar-refractivity contribution in [1.29, 1.82) is 0 Å². The van der Waals surface area contributed by atoms with Crippen LogP contribution in [0, 0.1) is 13.8 Å². The van der Waals surface area contributed by atoms with Crippen LogP contribution in [0.5, 0.6) is 11.5 Å². The zero-order valence-corrected chi connectivity index (χ0v) is 8.42. The van der Waals surface area contributed by atoms with Crippen molar-refractivity contribution in [2.75, 3.05) is 7.11 Å². The molecule has 0 saturated heterocycles. The molecule has 3 heteroatoms. The lowest BCUT2D eigenvalue weighted by atomic mass is 10.1. The Kier molecular flexibility index (Phi) is 1.88. The smallest absolute Gasteiger partial charge is 0.161 e. The molecule has 2 rings (SSSR count). The summed E-state index contributed by atoms with van der Waals surface area (Å²) in [6.45, 7) is 3.86. The fraction of sp³-hybridized carbons (Fsp3) is 0.273. The lowest BCUT2D eigenvalue weighted by Crippen LogP contribution is -1.90. The first-order chi connectivity index (χ1) is 6.65. The van der Waals surface area contributed by atoms with Gasteiger partial charge in [0.1, 0.15) is 17.6 Å². The van der Waals surface area contributed by atoms with Gasteiger partial charge in [-0.3, -0.25) is 0 Å². The number of furan rings is 1. The van der Waals surface area contributed by atoms with E-state index in [9.17, 15) is 5.11 Å². The van der Waals surface area contributed by atoms with E-state index in [1.54, 1.807) is 7.11 Å². The predicted molar refractivity (Wildman–Crippen MR) is 53.9 cm³/mol. The average Bonchev–Trinajstić information content (AvgIpc) is 2.49. The van der Waals surface area contributed by atoms with Crippen LogP contribution >= 0.6 is 0 Å². The van der Waals surface area contributed by atoms with Crippen LogP contribution in [0.2, 0.25) is 0 Å². The minimum absolute atomic E-state index is 0.175. The molecular weight excluding hydrogens is 180 g/mol. The zero-order chi connectivity index (χ0) is 10.3. The number of aromatic hydroxyl groups is 1. The highest BCUT2D eigenvalue weighted by Gasteiger charge is 2.13. The molecule has 1 heterocycles. The summed E-state index contributed by atoms with van der Waals surface area (Å²) < 4.78 is 10.5. The predicted octanol–water partition coefficient (Wildman–Crippen LogP) is 2.76. The molecule has 0 atom stereocenters. The Morgan fingerprint density at radius 3 is 2.71 bits per heavy atom. The SMILES string of the molecule is COc1c(C)cc2c(O)coc2c1C. The number of benzene rings is 1. The van der Waals surface area contributed by atoms with Gasteiger partial charge >= 0.3 is 0 Å². The lowest BCUT2D eigenvalue weighted by molar-refractivity contribution is 0.408. The van der Waals surface area contributed by atoms with Crippen LogP contribution in [0.4, 0.5) is 0 Å². The van der Waals surface area contributed by atoms with E-state index in [4.69, 9.17) is 9.15 Å². The summed E-state index contributed by atoms with van der Waals surface area (Å²) in [6, 6.07) is 1.86. The number of aryl methyl sites for hydroxylation is 2. The fourth-order valence-electron chi connectivity index (χ4n) is 1.78. The van der Waals surface area contributed by atoms with Crippen molar-refractivity contribution in [3.63, 3.8) is 0 Å². The number of fused-ring (bicyclic) bond motifs is 1. The van der Waals surface area contributed by atoms with Gasteiger partial charge in [0.05, 0.1) is 12.5 Å². The van der Waals surface area contributed by atoms with Gasteiger partial charge in [0.2, 0.25) is 0 Å². The summed E-state index contributed by atoms with van der Waals surface area (Å²) in [5, 5.41) is 10.2. The van der Waals surface area contributed by atoms with Crippen LogP contribution in [-0.2, 0) is 0 Å². The number of hydrogen-bond acceptors (Lipinski definition) is 3. The molecule has 0 amide bonds. The van der Waals surface area contributed by atoms with Gasteiger partial charge in [-0.1, -0.05) is 0 Å². The summed E-state index contributed by atoms with van der Waals surface area (Å²) in [6.07, 6.45) is 1.34. The molecule has 2 aromatic rings. The molecule has 14 heavy (non-hydrogen) atoms. The molecule has 74 valence electrons. The van der Waals surface area contributed by atoms with Crippen LogP contribution in [-0.4, -0.2) is 12.2 Å². The molecule has 1 N–H and O–H groups in total. The topological polar surface area (TPSA) is 42.6 Å². The minimum atomic E-state index is 0.175. The minimum Gasteiger partial charge on any atom is -0.504 e. The molecule has 0 aliphatic carbocycles. The van der Waals surface area contributed by atoms with Gasteiger partial charge in [-0.05, 0) is 25.5 Å². The second kappa shape index (κ2) is 2.94. The Morgan fingerprint density at radius 1 is 1.36 bits per heavy atom. The van der Waals surface area contributed by atoms with Crippen LogP contribution < -0.4 is 4.74 Å². The van der Waals surface area contributed by atoms with Crippen molar-refractivity contribution in [1.82, 2.24) is 0 Å². The Morgan fingerprint density at radius 2 is 2.07 bits per heavy atom. The maximum atomic E-state index is 9.49. The van der Waals surface area contributed by atoms with Gasteiger partial charge in [-0.2, -0.15) is 0 Å². The standard InChI is InChI=1S/C11H12O3/c1-6-4-8-9(12)5-14-11(8)7(2)10(6)13-3/h4-5,12H,1-3H3. The molecule has 1 aromatic carbocycles. The van der Waals surface area contributed by atoms with Crippen molar-refractivity contribution in [3.8, 4) is 11.5 Å². The number of hydrogen-bond donors (Lipinski definition) is 1. The van der Waals surface area contributed by atoms with Gasteiger partial charge in [0.15, 0.2) is 5.75 Å². The van der Waals surface area contributed by atoms with Crippen LogP contribution in [0.25, 0.3) is 11.0 Å². The Bertz CT molecular complexity index is 483. The maximum absolute atomic E-state index is 9.49. The third-order valence-electron chi connectivity index (χ3n) is 2.41. The monoisotopic (exact) mass is 192 g/mol. The summed E-state index contributed by atoms with van der Waals surface area (Å²) in [5.41, 5.74) is 2.60. The summed E-state index contributed by atoms with van der Waals surface area (Å²) in [5.74, 6) is 0.987. The van der Waals surface area contributed by atoms with Crippen molar-refractivity contribution >= 4 is 11.0 Å². The van der Waals surface area contributed by atoms with Crippen molar-refractivity contribution < 1.29 is 14.3 Å². The maximum Gasteiger partial charge on any atom is 0.161 e. The van der Waals surface area contributed by atoms with Crippen LogP contribution in [0.1, 0.15) is 11.1 Å². The van der Waals surface area contributed by atoms with Crippen molar-refractivity contribution in [2.24, 2.45) is 0 Å². The normalized spacial score (nSPS) is 10.8. The molecule has 0 radical (unpaired) electrons. The average molecular weight is 192 g/mol. The van der Waals surface area contributed by atoms with Crippen molar-refractivity contribution in [3.05, 3.63) is 23.5 Å². The first-order valence-corrected chi connectivity index (χ1v) is 4.39. The molecule has 0 aliphatic heterocycles. The largest absolute Gasteiger partial charge is 0.504 e. The molecule has 3 nitrogen and oxygen atoms in total. The lowest BCUT2D eigenvalue weighted by Gasteiger charge is -2.08. The van der Waals surface area contributed by atoms with E-state index in [2.05, 4.69) is 0 Å². The molecule has 0 spiro atoms. The van der Waals surface area contributed by atoms with Gasteiger partial charge in [0.25, 0.3) is 0 Å². The molecule has 1 aromatic heterocycles. The Hall–Kier alpha value is -1.64. The highest BCUT2D eigenvalue weighted by molar-refractivity contribution is 5.88. The van der Waals surface area contributed by atoms with Gasteiger partial charge in [0, 0.05) is 5.56 Å². The van der Waals surface area contributed by atoms with E-state index in [0.29, 0.717) is 5.58 Å². The molecule has 0 unspecified atom stereocenters. The molecule has 0 saturated carbocycles. The fourth-order valence-corrected chi connectivity index (χ4v) is 1.78. The van der Waals surface area contributed by atoms with Crippen LogP contribution in [0.15, 0.2) is 16.7 Å². The van der Waals surface area contributed by atoms with E-state index in [1.165, 1.54) is 6.26 Å². The second-order valence-electron chi connectivity index (χ2n) is 3.35. The zero-order valence-electron chi connectivity index (χ0n) is 8.42. The summed E-state index contributed by atoms with van der Waals surface area (Å²) in [4.78, 5) is 0. The third-order valence-corrected chi connectivity index (χ3v) is 2.41. The number of rotatable bonds is 1. The van der Waals surface area contributed by atoms with Crippen LogP contribution in [0.3, 0.4) is 0 Å². The molecule has 0 aliphatic rings. The van der Waals surface area contributed by atoms with E-state index in [-0.39, 0.29) is 5.75 Å². The molecule has 0 bridgehead atoms. The van der Waals surface area contributed by atoms with E-state index >= 15 is 0 Å². The number of methoxy groups -OCH3 is 1. The third kappa shape index (κ3) is 1.05. The summed E-state index contributed by atoms with van der Waals surface area (Å²) >= 11 is 0. The first-order valence-electron chi connectivity index (χ1n) is 4.39. The second-order valence-corrected chi connectivity index (χ2v) is 3.35. The highest BCUT2D eigenvalue weighted by Crippen LogP contribution is 2.36. The Labute approximate surface area is 81.9 Å².